The van der Waals surface area contributed by atoms with Gasteiger partial charge in [-0.05, 0) is 42.0 Å². The van der Waals surface area contributed by atoms with E-state index in [1.807, 2.05) is 6.07 Å². The van der Waals surface area contributed by atoms with Gasteiger partial charge in [0.25, 0.3) is 5.56 Å². The number of ether oxygens (including phenoxy) is 3. The van der Waals surface area contributed by atoms with Crippen molar-refractivity contribution in [2.24, 2.45) is 5.92 Å². The van der Waals surface area contributed by atoms with E-state index < -0.39 is 23.3 Å². The third-order valence-electron chi connectivity index (χ3n) is 5.75. The van der Waals surface area contributed by atoms with Gasteiger partial charge in [-0.15, -0.1) is 0 Å². The summed E-state index contributed by atoms with van der Waals surface area (Å²) < 4.78 is 16.6. The number of nitriles is 1. The highest BCUT2D eigenvalue weighted by molar-refractivity contribution is 5.98. The number of hydrogen-bond acceptors (Lipinski definition) is 8. The van der Waals surface area contributed by atoms with Crippen LogP contribution in [0.1, 0.15) is 23.5 Å². The molecule has 3 aromatic rings. The topological polar surface area (TPSA) is 138 Å². The Morgan fingerprint density at radius 1 is 1.12 bits per heavy atom. The standard InChI is InChI=1S/C24H21N5O5/c1-32-15-6-4-14(5-7-15)26-24-28-21-20(23(31)29-24)19(16(12-25)22(30)27-21)13-3-8-17-18(11-13)34-10-2-9-33-17/h3-8,11,16,19H,2,9-10H2,1H3,(H3,26,27,28,29,30,31). The van der Waals surface area contributed by atoms with E-state index in [-0.39, 0.29) is 17.3 Å². The van der Waals surface area contributed by atoms with Gasteiger partial charge in [0, 0.05) is 18.0 Å². The highest BCUT2D eigenvalue weighted by atomic mass is 16.5. The van der Waals surface area contributed by atoms with E-state index in [0.717, 1.165) is 6.42 Å². The molecule has 5 rings (SSSR count). The van der Waals surface area contributed by atoms with Crippen LogP contribution in [0.3, 0.4) is 0 Å². The molecule has 1 amide bonds. The number of carbonyl (C=O) groups is 1. The van der Waals surface area contributed by atoms with Gasteiger partial charge in [-0.2, -0.15) is 10.2 Å². The highest BCUT2D eigenvalue weighted by Crippen LogP contribution is 2.41. The second kappa shape index (κ2) is 8.78. The zero-order valence-electron chi connectivity index (χ0n) is 18.3. The maximum Gasteiger partial charge on any atom is 0.258 e. The smallest absolute Gasteiger partial charge is 0.258 e. The van der Waals surface area contributed by atoms with Crippen molar-refractivity contribution in [2.45, 2.75) is 12.3 Å². The fourth-order valence-corrected chi connectivity index (χ4v) is 4.11. The Hall–Kier alpha value is -4.52. The number of H-pyrrole nitrogens is 1. The molecule has 1 aromatic heterocycles. The van der Waals surface area contributed by atoms with Crippen LogP contribution < -0.4 is 30.4 Å². The van der Waals surface area contributed by atoms with Gasteiger partial charge in [-0.25, -0.2) is 0 Å². The molecule has 2 unspecified atom stereocenters. The zero-order valence-corrected chi connectivity index (χ0v) is 18.3. The SMILES string of the molecule is COc1ccc(Nc2nc3c(c(=O)[nH]2)C(c2ccc4c(c2)OCCCO4)C(C#N)C(=O)N3)cc1. The molecule has 0 saturated carbocycles. The molecule has 0 fully saturated rings. The number of hydrogen-bond donors (Lipinski definition) is 3. The molecular formula is C24H21N5O5. The van der Waals surface area contributed by atoms with Crippen LogP contribution in [0.5, 0.6) is 17.2 Å². The lowest BCUT2D eigenvalue weighted by molar-refractivity contribution is -0.119. The van der Waals surface area contributed by atoms with Crippen LogP contribution in [0.15, 0.2) is 47.3 Å². The van der Waals surface area contributed by atoms with Gasteiger partial charge < -0.3 is 24.8 Å². The number of amides is 1. The first-order valence-corrected chi connectivity index (χ1v) is 10.7. The van der Waals surface area contributed by atoms with Gasteiger partial charge in [0.1, 0.15) is 17.5 Å². The number of rotatable bonds is 4. The van der Waals surface area contributed by atoms with Gasteiger partial charge in [0.15, 0.2) is 11.5 Å². The van der Waals surface area contributed by atoms with Crippen molar-refractivity contribution >= 4 is 23.4 Å². The van der Waals surface area contributed by atoms with Crippen molar-refractivity contribution in [1.82, 2.24) is 9.97 Å². The molecule has 34 heavy (non-hydrogen) atoms. The molecule has 172 valence electrons. The number of aromatic amines is 1. The quantitative estimate of drug-likeness (QED) is 0.541. The summed E-state index contributed by atoms with van der Waals surface area (Å²) in [6.07, 6.45) is 0.743. The summed E-state index contributed by atoms with van der Waals surface area (Å²) in [5.74, 6) is -0.415. The third-order valence-corrected chi connectivity index (χ3v) is 5.75. The normalized spacial score (nSPS) is 18.6. The molecule has 2 atom stereocenters. The second-order valence-electron chi connectivity index (χ2n) is 7.86. The zero-order chi connectivity index (χ0) is 23.7. The number of methoxy groups -OCH3 is 1. The molecule has 10 nitrogen and oxygen atoms in total. The molecular weight excluding hydrogens is 438 g/mol. The summed E-state index contributed by atoms with van der Waals surface area (Å²) in [5, 5.41) is 15.4. The molecule has 0 radical (unpaired) electrons. The van der Waals surface area contributed by atoms with Crippen molar-refractivity contribution in [2.75, 3.05) is 31.0 Å². The van der Waals surface area contributed by atoms with Crippen molar-refractivity contribution in [3.8, 4) is 23.3 Å². The van der Waals surface area contributed by atoms with E-state index in [2.05, 4.69) is 20.6 Å². The van der Waals surface area contributed by atoms with Crippen LogP contribution >= 0.6 is 0 Å². The van der Waals surface area contributed by atoms with Gasteiger partial charge in [-0.3, -0.25) is 14.6 Å². The van der Waals surface area contributed by atoms with Crippen LogP contribution in [0, 0.1) is 17.2 Å². The monoisotopic (exact) mass is 459 g/mol. The Morgan fingerprint density at radius 3 is 2.62 bits per heavy atom. The maximum absolute atomic E-state index is 13.2. The number of fused-ring (bicyclic) bond motifs is 2. The Balaban J connectivity index is 1.55. The van der Waals surface area contributed by atoms with Crippen molar-refractivity contribution in [3.05, 3.63) is 63.9 Å². The van der Waals surface area contributed by atoms with E-state index in [9.17, 15) is 14.9 Å². The largest absolute Gasteiger partial charge is 0.497 e. The molecule has 2 aliphatic heterocycles. The lowest BCUT2D eigenvalue weighted by atomic mass is 9.79. The molecule has 3 heterocycles. The van der Waals surface area contributed by atoms with E-state index in [1.165, 1.54) is 0 Å². The minimum absolute atomic E-state index is 0.105. The Morgan fingerprint density at radius 2 is 1.88 bits per heavy atom. The van der Waals surface area contributed by atoms with Crippen molar-refractivity contribution < 1.29 is 19.0 Å². The molecule has 0 bridgehead atoms. The summed E-state index contributed by atoms with van der Waals surface area (Å²) in [4.78, 5) is 33.1. The average Bonchev–Trinajstić information content (AvgIpc) is 3.08. The minimum atomic E-state index is -1.11. The first-order chi connectivity index (χ1) is 16.6. The van der Waals surface area contributed by atoms with Crippen LogP contribution in [0.4, 0.5) is 17.5 Å². The first-order valence-electron chi connectivity index (χ1n) is 10.7. The van der Waals surface area contributed by atoms with Crippen molar-refractivity contribution in [3.63, 3.8) is 0 Å². The maximum atomic E-state index is 13.2. The van der Waals surface area contributed by atoms with Crippen LogP contribution in [-0.4, -0.2) is 36.2 Å². The minimum Gasteiger partial charge on any atom is -0.497 e. The molecule has 10 heteroatoms. The summed E-state index contributed by atoms with van der Waals surface area (Å²) in [6, 6.07) is 14.3. The molecule has 0 aliphatic carbocycles. The first kappa shape index (κ1) is 21.3. The summed E-state index contributed by atoms with van der Waals surface area (Å²) in [7, 11) is 1.57. The summed E-state index contributed by atoms with van der Waals surface area (Å²) in [6.45, 7) is 1.03. The lowest BCUT2D eigenvalue weighted by Gasteiger charge is -2.28. The number of aromatic nitrogens is 2. The third kappa shape index (κ3) is 3.88. The fraction of sp³-hybridized carbons (Fsp3) is 0.250. The number of nitrogens with zero attached hydrogens (tertiary/aromatic N) is 2. The van der Waals surface area contributed by atoms with E-state index >= 15 is 0 Å². The van der Waals surface area contributed by atoms with Gasteiger partial charge in [0.2, 0.25) is 11.9 Å². The number of benzene rings is 2. The predicted molar refractivity (Wildman–Crippen MR) is 123 cm³/mol. The van der Waals surface area contributed by atoms with E-state index in [4.69, 9.17) is 14.2 Å². The summed E-state index contributed by atoms with van der Waals surface area (Å²) in [5.41, 5.74) is 1.01. The fourth-order valence-electron chi connectivity index (χ4n) is 4.11. The molecule has 3 N–H and O–H groups in total. The summed E-state index contributed by atoms with van der Waals surface area (Å²) >= 11 is 0. The Labute approximate surface area is 194 Å². The number of nitrogens with one attached hydrogen (secondary N) is 3. The number of anilines is 3. The van der Waals surface area contributed by atoms with Gasteiger partial charge in [-0.1, -0.05) is 6.07 Å². The second-order valence-corrected chi connectivity index (χ2v) is 7.86. The predicted octanol–water partition coefficient (Wildman–Crippen LogP) is 2.91. The van der Waals surface area contributed by atoms with Crippen molar-refractivity contribution in [1.29, 1.82) is 5.26 Å². The van der Waals surface area contributed by atoms with Gasteiger partial charge >= 0.3 is 0 Å². The molecule has 0 spiro atoms. The molecule has 2 aliphatic rings. The van der Waals surface area contributed by atoms with Gasteiger partial charge in [0.05, 0.1) is 32.0 Å². The highest BCUT2D eigenvalue weighted by Gasteiger charge is 2.40. The lowest BCUT2D eigenvalue weighted by Crippen LogP contribution is -2.38. The average molecular weight is 459 g/mol. The Kier molecular flexibility index (Phi) is 5.51. The number of carbonyl (C=O) groups excluding carboxylic acids is 1. The van der Waals surface area contributed by atoms with Crippen LogP contribution in [0.2, 0.25) is 0 Å². The molecule has 2 aromatic carbocycles. The Bertz CT molecular complexity index is 1350. The van der Waals surface area contributed by atoms with E-state index in [0.29, 0.717) is 41.7 Å². The van der Waals surface area contributed by atoms with E-state index in [1.54, 1.807) is 49.6 Å². The molecule has 0 saturated heterocycles. The van der Waals surface area contributed by atoms with Crippen LogP contribution in [-0.2, 0) is 4.79 Å². The van der Waals surface area contributed by atoms with Crippen LogP contribution in [0.25, 0.3) is 0 Å².